The van der Waals surface area contributed by atoms with Crippen molar-refractivity contribution in [2.75, 3.05) is 19.8 Å². The van der Waals surface area contributed by atoms with Gasteiger partial charge in [0.15, 0.2) is 0 Å². The average Bonchev–Trinajstić information content (AvgIpc) is 2.88. The zero-order chi connectivity index (χ0) is 15.7. The minimum Gasteiger partial charge on any atom is -0.485 e. The molecule has 0 saturated carbocycles. The Balaban J connectivity index is 1.63. The van der Waals surface area contributed by atoms with Crippen LogP contribution < -0.4 is 4.74 Å². The van der Waals surface area contributed by atoms with Crippen LogP contribution in [0, 0.1) is 6.92 Å². The van der Waals surface area contributed by atoms with E-state index in [1.807, 2.05) is 6.92 Å². The molecule has 23 heavy (non-hydrogen) atoms. The van der Waals surface area contributed by atoms with Crippen molar-refractivity contribution in [3.63, 3.8) is 0 Å². The van der Waals surface area contributed by atoms with Crippen LogP contribution in [0.3, 0.4) is 0 Å². The fourth-order valence-corrected chi connectivity index (χ4v) is 3.60. The molecule has 0 atom stereocenters. The Morgan fingerprint density at radius 1 is 1.26 bits per heavy atom. The highest BCUT2D eigenvalue weighted by molar-refractivity contribution is 5.35. The van der Waals surface area contributed by atoms with E-state index in [-0.39, 0.29) is 5.60 Å². The van der Waals surface area contributed by atoms with E-state index in [9.17, 15) is 0 Å². The maximum absolute atomic E-state index is 6.51. The predicted molar refractivity (Wildman–Crippen MR) is 87.3 cm³/mol. The summed E-state index contributed by atoms with van der Waals surface area (Å²) in [4.78, 5) is 2.45. The lowest BCUT2D eigenvalue weighted by Crippen LogP contribution is -2.49. The average molecular weight is 313 g/mol. The lowest BCUT2D eigenvalue weighted by atomic mass is 9.93. The predicted octanol–water partition coefficient (Wildman–Crippen LogP) is 2.66. The van der Waals surface area contributed by atoms with Gasteiger partial charge >= 0.3 is 0 Å². The molecule has 1 aromatic heterocycles. The Bertz CT molecular complexity index is 676. The van der Waals surface area contributed by atoms with Crippen molar-refractivity contribution < 1.29 is 9.47 Å². The second kappa shape index (κ2) is 5.98. The quantitative estimate of drug-likeness (QED) is 0.926. The van der Waals surface area contributed by atoms with E-state index in [1.54, 1.807) is 0 Å². The summed E-state index contributed by atoms with van der Waals surface area (Å²) < 4.78 is 12.1. The zero-order valence-corrected chi connectivity index (χ0v) is 13.5. The van der Waals surface area contributed by atoms with Crippen LogP contribution in [0.1, 0.15) is 29.8 Å². The van der Waals surface area contributed by atoms with Gasteiger partial charge in [0, 0.05) is 43.7 Å². The summed E-state index contributed by atoms with van der Waals surface area (Å²) in [6, 6.07) is 10.5. The third kappa shape index (κ3) is 3.12. The molecule has 1 N–H and O–H groups in total. The van der Waals surface area contributed by atoms with Crippen LogP contribution in [-0.2, 0) is 17.8 Å². The van der Waals surface area contributed by atoms with Crippen molar-refractivity contribution in [3.05, 3.63) is 47.3 Å². The summed E-state index contributed by atoms with van der Waals surface area (Å²) in [6.07, 6.45) is 1.88. The largest absolute Gasteiger partial charge is 0.485 e. The fourth-order valence-electron chi connectivity index (χ4n) is 3.60. The second-order valence-electron chi connectivity index (χ2n) is 6.69. The molecule has 1 aromatic carbocycles. The number of nitrogens with zero attached hydrogens (tertiary/aromatic N) is 2. The van der Waals surface area contributed by atoms with E-state index < -0.39 is 0 Å². The molecule has 0 unspecified atom stereocenters. The number of fused-ring (bicyclic) bond motifs is 1. The van der Waals surface area contributed by atoms with Gasteiger partial charge in [0.2, 0.25) is 0 Å². The summed E-state index contributed by atoms with van der Waals surface area (Å²) >= 11 is 0. The molecule has 122 valence electrons. The maximum Gasteiger partial charge on any atom is 0.126 e. The number of hydrogen-bond acceptors (Lipinski definition) is 4. The minimum absolute atomic E-state index is 0.143. The van der Waals surface area contributed by atoms with Crippen LogP contribution in [-0.4, -0.2) is 40.5 Å². The Morgan fingerprint density at radius 3 is 2.87 bits per heavy atom. The number of aromatic amines is 1. The monoisotopic (exact) mass is 313 g/mol. The van der Waals surface area contributed by atoms with Crippen molar-refractivity contribution >= 4 is 0 Å². The third-order valence-electron chi connectivity index (χ3n) is 4.75. The highest BCUT2D eigenvalue weighted by atomic mass is 16.5. The molecule has 1 spiro atoms. The standard InChI is InChI=1S/C18H23N3O2/c1-14-10-16(20-19-14)12-21-11-15-4-2-3-5-17(15)23-18(13-21)6-8-22-9-7-18/h2-5,10H,6-9,11-13H2,1H3,(H,19,20). The number of H-pyrrole nitrogens is 1. The van der Waals surface area contributed by atoms with Crippen LogP contribution >= 0.6 is 0 Å². The molecule has 2 aliphatic rings. The van der Waals surface area contributed by atoms with Crippen molar-refractivity contribution in [1.29, 1.82) is 0 Å². The van der Waals surface area contributed by atoms with Crippen molar-refractivity contribution in [2.24, 2.45) is 0 Å². The SMILES string of the molecule is Cc1cc(CN2Cc3ccccc3OC3(CCOCC3)C2)n[nH]1. The van der Waals surface area contributed by atoms with Crippen LogP contribution in [0.15, 0.2) is 30.3 Å². The number of ether oxygens (including phenoxy) is 2. The lowest BCUT2D eigenvalue weighted by Gasteiger charge is -2.38. The topological polar surface area (TPSA) is 50.4 Å². The van der Waals surface area contributed by atoms with E-state index in [1.165, 1.54) is 5.56 Å². The van der Waals surface area contributed by atoms with Gasteiger partial charge in [-0.25, -0.2) is 0 Å². The fraction of sp³-hybridized carbons (Fsp3) is 0.500. The summed E-state index contributed by atoms with van der Waals surface area (Å²) in [5.41, 5.74) is 3.30. The second-order valence-corrected chi connectivity index (χ2v) is 6.69. The molecule has 0 radical (unpaired) electrons. The highest BCUT2D eigenvalue weighted by Gasteiger charge is 2.39. The summed E-state index contributed by atoms with van der Waals surface area (Å²) in [5.74, 6) is 1.02. The Morgan fingerprint density at radius 2 is 2.09 bits per heavy atom. The van der Waals surface area contributed by atoms with Gasteiger partial charge in [-0.3, -0.25) is 10.00 Å². The first-order valence-corrected chi connectivity index (χ1v) is 8.30. The molecule has 2 aliphatic heterocycles. The number of aromatic nitrogens is 2. The first-order chi connectivity index (χ1) is 11.2. The van der Waals surface area contributed by atoms with E-state index in [4.69, 9.17) is 9.47 Å². The van der Waals surface area contributed by atoms with Gasteiger partial charge in [-0.05, 0) is 19.1 Å². The summed E-state index contributed by atoms with van der Waals surface area (Å²) in [6.45, 7) is 6.23. The molecule has 0 amide bonds. The van der Waals surface area contributed by atoms with Crippen molar-refractivity contribution in [2.45, 2.75) is 38.5 Å². The van der Waals surface area contributed by atoms with Gasteiger partial charge in [-0.15, -0.1) is 0 Å². The number of nitrogens with one attached hydrogen (secondary N) is 1. The summed E-state index contributed by atoms with van der Waals surface area (Å²) in [5, 5.41) is 7.43. The molecule has 0 aliphatic carbocycles. The molecule has 3 heterocycles. The number of benzene rings is 1. The van der Waals surface area contributed by atoms with Gasteiger partial charge in [-0.1, -0.05) is 18.2 Å². The Kier molecular flexibility index (Phi) is 3.83. The summed E-state index contributed by atoms with van der Waals surface area (Å²) in [7, 11) is 0. The van der Waals surface area contributed by atoms with Crippen LogP contribution in [0.25, 0.3) is 0 Å². The number of aryl methyl sites for hydroxylation is 1. The van der Waals surface area contributed by atoms with Crippen molar-refractivity contribution in [3.8, 4) is 5.75 Å². The number of rotatable bonds is 2. The van der Waals surface area contributed by atoms with Crippen LogP contribution in [0.4, 0.5) is 0 Å². The van der Waals surface area contributed by atoms with Gasteiger partial charge in [0.1, 0.15) is 11.4 Å². The van der Waals surface area contributed by atoms with Crippen LogP contribution in [0.5, 0.6) is 5.75 Å². The molecule has 5 nitrogen and oxygen atoms in total. The van der Waals surface area contributed by atoms with Gasteiger partial charge < -0.3 is 9.47 Å². The van der Waals surface area contributed by atoms with Gasteiger partial charge in [0.05, 0.1) is 18.9 Å². The zero-order valence-electron chi connectivity index (χ0n) is 13.5. The number of hydrogen-bond donors (Lipinski definition) is 1. The molecule has 2 aromatic rings. The van der Waals surface area contributed by atoms with E-state index in [0.717, 1.165) is 62.8 Å². The lowest BCUT2D eigenvalue weighted by molar-refractivity contribution is -0.0595. The molecule has 1 saturated heterocycles. The molecular weight excluding hydrogens is 290 g/mol. The van der Waals surface area contributed by atoms with E-state index in [2.05, 4.69) is 45.4 Å². The van der Waals surface area contributed by atoms with E-state index >= 15 is 0 Å². The Labute approximate surface area is 136 Å². The molecular formula is C18H23N3O2. The first kappa shape index (κ1) is 14.7. The normalized spacial score (nSPS) is 20.7. The van der Waals surface area contributed by atoms with Gasteiger partial charge in [0.25, 0.3) is 0 Å². The smallest absolute Gasteiger partial charge is 0.126 e. The minimum atomic E-state index is -0.143. The molecule has 0 bridgehead atoms. The molecule has 1 fully saturated rings. The molecule has 4 rings (SSSR count). The highest BCUT2D eigenvalue weighted by Crippen LogP contribution is 2.35. The number of para-hydroxylation sites is 1. The maximum atomic E-state index is 6.51. The van der Waals surface area contributed by atoms with Crippen LogP contribution in [0.2, 0.25) is 0 Å². The van der Waals surface area contributed by atoms with Crippen molar-refractivity contribution in [1.82, 2.24) is 15.1 Å². The van der Waals surface area contributed by atoms with Gasteiger partial charge in [-0.2, -0.15) is 5.10 Å². The van der Waals surface area contributed by atoms with E-state index in [0.29, 0.717) is 0 Å². The third-order valence-corrected chi connectivity index (χ3v) is 4.75. The first-order valence-electron chi connectivity index (χ1n) is 8.30. The Hall–Kier alpha value is -1.85. The molecule has 5 heteroatoms.